The largest absolute Gasteiger partial charge is 0.478 e. The third kappa shape index (κ3) is 3.01. The zero-order chi connectivity index (χ0) is 12.4. The van der Waals surface area contributed by atoms with E-state index in [1.165, 1.54) is 4.88 Å². The van der Waals surface area contributed by atoms with E-state index in [1.807, 2.05) is 17.8 Å². The molecule has 1 aromatic carbocycles. The number of hydrogen-bond acceptors (Lipinski definition) is 3. The molecule has 1 heterocycles. The molecule has 0 saturated heterocycles. The molecule has 1 aromatic heterocycles. The SMILES string of the molecule is CC(C)SCc1cc2cc(C(=O)O)ccc2s1. The van der Waals surface area contributed by atoms with Gasteiger partial charge in [0.15, 0.2) is 0 Å². The van der Waals surface area contributed by atoms with Crippen LogP contribution in [0.25, 0.3) is 10.1 Å². The third-order valence-electron chi connectivity index (χ3n) is 2.37. The first kappa shape index (κ1) is 12.5. The van der Waals surface area contributed by atoms with E-state index in [4.69, 9.17) is 5.11 Å². The van der Waals surface area contributed by atoms with Crippen molar-refractivity contribution in [3.05, 3.63) is 34.7 Å². The number of carboxylic acids is 1. The zero-order valence-electron chi connectivity index (χ0n) is 9.77. The summed E-state index contributed by atoms with van der Waals surface area (Å²) in [5.41, 5.74) is 0.360. The normalized spacial score (nSPS) is 11.2. The van der Waals surface area contributed by atoms with E-state index < -0.39 is 5.97 Å². The van der Waals surface area contributed by atoms with Crippen molar-refractivity contribution in [2.24, 2.45) is 0 Å². The van der Waals surface area contributed by atoms with Gasteiger partial charge in [0.1, 0.15) is 0 Å². The van der Waals surface area contributed by atoms with Crippen LogP contribution in [-0.2, 0) is 5.75 Å². The molecule has 0 amide bonds. The fourth-order valence-electron chi connectivity index (χ4n) is 1.55. The van der Waals surface area contributed by atoms with Crippen molar-refractivity contribution in [3.8, 4) is 0 Å². The molecule has 2 rings (SSSR count). The summed E-state index contributed by atoms with van der Waals surface area (Å²) in [6, 6.07) is 7.41. The second kappa shape index (κ2) is 5.10. The molecule has 0 spiro atoms. The molecule has 2 aromatic rings. The Balaban J connectivity index is 2.27. The Morgan fingerprint density at radius 1 is 1.41 bits per heavy atom. The first-order chi connectivity index (χ1) is 8.06. The molecular weight excluding hydrogens is 252 g/mol. The van der Waals surface area contributed by atoms with E-state index in [2.05, 4.69) is 19.9 Å². The summed E-state index contributed by atoms with van der Waals surface area (Å²) in [5.74, 6) is 0.135. The number of fused-ring (bicyclic) bond motifs is 1. The number of thioether (sulfide) groups is 1. The summed E-state index contributed by atoms with van der Waals surface area (Å²) < 4.78 is 1.16. The minimum Gasteiger partial charge on any atom is -0.478 e. The van der Waals surface area contributed by atoms with Gasteiger partial charge in [0.25, 0.3) is 0 Å². The van der Waals surface area contributed by atoms with Gasteiger partial charge in [-0.25, -0.2) is 4.79 Å². The summed E-state index contributed by atoms with van der Waals surface area (Å²) >= 11 is 3.65. The molecule has 4 heteroatoms. The molecule has 0 bridgehead atoms. The van der Waals surface area contributed by atoms with E-state index in [9.17, 15) is 4.79 Å². The smallest absolute Gasteiger partial charge is 0.335 e. The molecule has 17 heavy (non-hydrogen) atoms. The van der Waals surface area contributed by atoms with Gasteiger partial charge in [-0.2, -0.15) is 11.8 Å². The highest BCUT2D eigenvalue weighted by molar-refractivity contribution is 7.99. The quantitative estimate of drug-likeness (QED) is 0.899. The number of hydrogen-bond donors (Lipinski definition) is 1. The summed E-state index contributed by atoms with van der Waals surface area (Å²) in [6.07, 6.45) is 0. The van der Waals surface area contributed by atoms with E-state index in [1.54, 1.807) is 23.5 Å². The van der Waals surface area contributed by atoms with Crippen molar-refractivity contribution >= 4 is 39.2 Å². The highest BCUT2D eigenvalue weighted by Gasteiger charge is 2.07. The van der Waals surface area contributed by atoms with Crippen molar-refractivity contribution in [1.82, 2.24) is 0 Å². The van der Waals surface area contributed by atoms with Crippen LogP contribution in [0.1, 0.15) is 29.1 Å². The fraction of sp³-hybridized carbons (Fsp3) is 0.308. The lowest BCUT2D eigenvalue weighted by molar-refractivity contribution is 0.0697. The maximum absolute atomic E-state index is 10.9. The highest BCUT2D eigenvalue weighted by atomic mass is 32.2. The van der Waals surface area contributed by atoms with Crippen LogP contribution in [0.4, 0.5) is 0 Å². The molecule has 0 fully saturated rings. The highest BCUT2D eigenvalue weighted by Crippen LogP contribution is 2.30. The van der Waals surface area contributed by atoms with Crippen LogP contribution < -0.4 is 0 Å². The van der Waals surface area contributed by atoms with Crippen molar-refractivity contribution in [2.45, 2.75) is 24.9 Å². The van der Waals surface area contributed by atoms with Crippen molar-refractivity contribution in [3.63, 3.8) is 0 Å². The average molecular weight is 266 g/mol. The van der Waals surface area contributed by atoms with Crippen LogP contribution in [0.5, 0.6) is 0 Å². The topological polar surface area (TPSA) is 37.3 Å². The van der Waals surface area contributed by atoms with Gasteiger partial charge in [0.05, 0.1) is 5.56 Å². The third-order valence-corrected chi connectivity index (χ3v) is 4.82. The summed E-state index contributed by atoms with van der Waals surface area (Å²) in [4.78, 5) is 12.2. The Kier molecular flexibility index (Phi) is 3.74. The number of carboxylic acid groups (broad SMARTS) is 1. The molecule has 0 saturated carbocycles. The van der Waals surface area contributed by atoms with Crippen molar-refractivity contribution in [1.29, 1.82) is 0 Å². The Morgan fingerprint density at radius 3 is 2.82 bits per heavy atom. The van der Waals surface area contributed by atoms with Gasteiger partial charge >= 0.3 is 5.97 Å². The zero-order valence-corrected chi connectivity index (χ0v) is 11.4. The summed E-state index contributed by atoms with van der Waals surface area (Å²) in [5, 5.41) is 10.6. The molecule has 1 N–H and O–H groups in total. The molecule has 90 valence electrons. The van der Waals surface area contributed by atoms with Crippen LogP contribution in [-0.4, -0.2) is 16.3 Å². The maximum atomic E-state index is 10.9. The molecule has 0 aliphatic carbocycles. The second-order valence-electron chi connectivity index (χ2n) is 4.13. The van der Waals surface area contributed by atoms with Crippen LogP contribution in [0.3, 0.4) is 0 Å². The molecule has 0 aliphatic rings. The Labute approximate surface area is 109 Å². The lowest BCUT2D eigenvalue weighted by Crippen LogP contribution is -1.94. The molecule has 2 nitrogen and oxygen atoms in total. The maximum Gasteiger partial charge on any atom is 0.335 e. The lowest BCUT2D eigenvalue weighted by atomic mass is 10.2. The Bertz CT molecular complexity index is 543. The van der Waals surface area contributed by atoms with Gasteiger partial charge in [-0.1, -0.05) is 13.8 Å². The monoisotopic (exact) mass is 266 g/mol. The van der Waals surface area contributed by atoms with Gasteiger partial charge in [0.2, 0.25) is 0 Å². The van der Waals surface area contributed by atoms with Gasteiger partial charge in [0, 0.05) is 15.3 Å². The average Bonchev–Trinajstić information content (AvgIpc) is 2.67. The molecule has 0 aliphatic heterocycles. The van der Waals surface area contributed by atoms with Crippen LogP contribution in [0, 0.1) is 0 Å². The predicted molar refractivity (Wildman–Crippen MR) is 75.2 cm³/mol. The van der Waals surface area contributed by atoms with Gasteiger partial charge < -0.3 is 5.11 Å². The van der Waals surface area contributed by atoms with Gasteiger partial charge in [-0.15, -0.1) is 11.3 Å². The molecular formula is C13H14O2S2. The fourth-order valence-corrected chi connectivity index (χ4v) is 3.41. The second-order valence-corrected chi connectivity index (χ2v) is 6.86. The summed E-state index contributed by atoms with van der Waals surface area (Å²) in [6.45, 7) is 4.36. The van der Waals surface area contributed by atoms with Crippen LogP contribution >= 0.6 is 23.1 Å². The lowest BCUT2D eigenvalue weighted by Gasteiger charge is -2.00. The van der Waals surface area contributed by atoms with E-state index >= 15 is 0 Å². The first-order valence-corrected chi connectivity index (χ1v) is 7.30. The van der Waals surface area contributed by atoms with E-state index in [0.717, 1.165) is 15.8 Å². The summed E-state index contributed by atoms with van der Waals surface area (Å²) in [7, 11) is 0. The Hall–Kier alpha value is -1.00. The van der Waals surface area contributed by atoms with Gasteiger partial charge in [-0.05, 0) is 34.9 Å². The predicted octanol–water partition coefficient (Wildman–Crippen LogP) is 4.24. The number of carbonyl (C=O) groups is 1. The van der Waals surface area contributed by atoms with Gasteiger partial charge in [-0.3, -0.25) is 0 Å². The molecule has 0 atom stereocenters. The van der Waals surface area contributed by atoms with Crippen LogP contribution in [0.2, 0.25) is 0 Å². The number of aromatic carboxylic acids is 1. The van der Waals surface area contributed by atoms with Crippen molar-refractivity contribution < 1.29 is 9.90 Å². The van der Waals surface area contributed by atoms with E-state index in [-0.39, 0.29) is 0 Å². The number of rotatable bonds is 4. The van der Waals surface area contributed by atoms with Crippen LogP contribution in [0.15, 0.2) is 24.3 Å². The molecule has 0 unspecified atom stereocenters. The number of benzene rings is 1. The minimum absolute atomic E-state index is 0.360. The van der Waals surface area contributed by atoms with Crippen molar-refractivity contribution in [2.75, 3.05) is 0 Å². The van der Waals surface area contributed by atoms with E-state index in [0.29, 0.717) is 10.8 Å². The molecule has 0 radical (unpaired) electrons. The Morgan fingerprint density at radius 2 is 2.18 bits per heavy atom. The number of thiophene rings is 1. The standard InChI is InChI=1S/C13H14O2S2/c1-8(2)16-7-11-6-10-5-9(13(14)15)3-4-12(10)17-11/h3-6,8H,7H2,1-2H3,(H,14,15). The first-order valence-electron chi connectivity index (χ1n) is 5.43. The minimum atomic E-state index is -0.865.